The molecule has 1 fully saturated rings. The van der Waals surface area contributed by atoms with Crippen LogP contribution in [-0.4, -0.2) is 41.1 Å². The summed E-state index contributed by atoms with van der Waals surface area (Å²) in [6.07, 6.45) is 6.12. The van der Waals surface area contributed by atoms with Crippen LogP contribution in [0.2, 0.25) is 0 Å². The minimum absolute atomic E-state index is 0.0147. The van der Waals surface area contributed by atoms with Crippen molar-refractivity contribution in [2.24, 2.45) is 23.3 Å². The fraction of sp³-hybridized carbons (Fsp3) is 0.429. The standard InChI is InChI=1S/C17H23NO4.C11H15NOS/c18-11-13-1-6-14(7-2-13)17(21)22-15-8-3-12(4-9-15)5-10-16(19)20;1-2-7-14-10-5-3-9(4-6-10)11(12)8-13/h3-4,8-9,13-14H,1-2,5-7,10-11,18H2,(H,19,20);2-6,11,13H,1,7-8,12H2/t13-,14-;. The van der Waals surface area contributed by atoms with Gasteiger partial charge in [0.2, 0.25) is 0 Å². The Morgan fingerprint density at radius 2 is 1.72 bits per heavy atom. The summed E-state index contributed by atoms with van der Waals surface area (Å²) in [5.41, 5.74) is 13.2. The maximum absolute atomic E-state index is 12.1. The van der Waals surface area contributed by atoms with Crippen LogP contribution in [0.5, 0.6) is 5.75 Å². The Morgan fingerprint density at radius 3 is 2.25 bits per heavy atom. The van der Waals surface area contributed by atoms with Crippen molar-refractivity contribution < 1.29 is 24.5 Å². The van der Waals surface area contributed by atoms with Crippen molar-refractivity contribution in [2.75, 3.05) is 18.9 Å². The molecule has 0 radical (unpaired) electrons. The zero-order valence-corrected chi connectivity index (χ0v) is 21.5. The molecule has 196 valence electrons. The summed E-state index contributed by atoms with van der Waals surface area (Å²) in [6.45, 7) is 4.34. The molecule has 0 bridgehead atoms. The maximum Gasteiger partial charge on any atom is 0.314 e. The van der Waals surface area contributed by atoms with E-state index in [0.29, 0.717) is 24.6 Å². The highest BCUT2D eigenvalue weighted by Crippen LogP contribution is 2.29. The van der Waals surface area contributed by atoms with Gasteiger partial charge < -0.3 is 26.4 Å². The number of hydrogen-bond donors (Lipinski definition) is 4. The van der Waals surface area contributed by atoms with Crippen molar-refractivity contribution in [3.05, 3.63) is 72.3 Å². The highest BCUT2D eigenvalue weighted by molar-refractivity contribution is 7.99. The number of aliphatic hydroxyl groups excluding tert-OH is 1. The molecular weight excluding hydrogens is 476 g/mol. The Balaban J connectivity index is 0.000000281. The van der Waals surface area contributed by atoms with Crippen molar-refractivity contribution in [2.45, 2.75) is 49.5 Å². The molecule has 1 saturated carbocycles. The largest absolute Gasteiger partial charge is 0.481 e. The highest BCUT2D eigenvalue weighted by Gasteiger charge is 2.27. The average Bonchev–Trinajstić information content (AvgIpc) is 2.91. The number of benzene rings is 2. The summed E-state index contributed by atoms with van der Waals surface area (Å²) in [4.78, 5) is 23.9. The summed E-state index contributed by atoms with van der Waals surface area (Å²) in [7, 11) is 0. The summed E-state index contributed by atoms with van der Waals surface area (Å²) in [5, 5.41) is 17.5. The van der Waals surface area contributed by atoms with Gasteiger partial charge in [-0.3, -0.25) is 9.59 Å². The van der Waals surface area contributed by atoms with E-state index in [0.717, 1.165) is 42.6 Å². The van der Waals surface area contributed by atoms with Crippen molar-refractivity contribution in [3.8, 4) is 5.75 Å². The van der Waals surface area contributed by atoms with E-state index in [9.17, 15) is 9.59 Å². The normalized spacial score (nSPS) is 17.9. The number of carboxylic acid groups (broad SMARTS) is 1. The first kappa shape index (κ1) is 29.6. The average molecular weight is 515 g/mol. The third-order valence-electron chi connectivity index (χ3n) is 6.16. The van der Waals surface area contributed by atoms with E-state index in [1.54, 1.807) is 36.0 Å². The van der Waals surface area contributed by atoms with Gasteiger partial charge in [-0.15, -0.1) is 18.3 Å². The second-order valence-electron chi connectivity index (χ2n) is 8.87. The molecule has 0 amide bonds. The smallest absolute Gasteiger partial charge is 0.314 e. The molecule has 2 aromatic rings. The van der Waals surface area contributed by atoms with E-state index >= 15 is 0 Å². The molecule has 0 spiro atoms. The summed E-state index contributed by atoms with van der Waals surface area (Å²) < 4.78 is 5.42. The maximum atomic E-state index is 12.1. The van der Waals surface area contributed by atoms with Gasteiger partial charge in [0.1, 0.15) is 5.75 Å². The fourth-order valence-corrected chi connectivity index (χ4v) is 4.52. The summed E-state index contributed by atoms with van der Waals surface area (Å²) >= 11 is 1.73. The van der Waals surface area contributed by atoms with E-state index in [1.807, 2.05) is 30.3 Å². The second kappa shape index (κ2) is 16.2. The predicted molar refractivity (Wildman–Crippen MR) is 144 cm³/mol. The van der Waals surface area contributed by atoms with E-state index < -0.39 is 5.97 Å². The first-order chi connectivity index (χ1) is 17.4. The molecular formula is C28H38N2O5S. The number of ether oxygens (including phenoxy) is 1. The molecule has 2 aromatic carbocycles. The monoisotopic (exact) mass is 514 g/mol. The third-order valence-corrected chi connectivity index (χ3v) is 7.16. The van der Waals surface area contributed by atoms with Crippen LogP contribution in [0, 0.1) is 11.8 Å². The van der Waals surface area contributed by atoms with Gasteiger partial charge in [-0.25, -0.2) is 0 Å². The number of esters is 1. The molecule has 7 nitrogen and oxygen atoms in total. The van der Waals surface area contributed by atoms with Crippen molar-refractivity contribution in [1.29, 1.82) is 0 Å². The Morgan fingerprint density at radius 1 is 1.08 bits per heavy atom. The Kier molecular flexibility index (Phi) is 13.3. The van der Waals surface area contributed by atoms with E-state index in [1.165, 1.54) is 4.90 Å². The van der Waals surface area contributed by atoms with Gasteiger partial charge in [0.25, 0.3) is 0 Å². The number of aliphatic carboxylic acids is 1. The SMILES string of the molecule is C=CCSc1ccc(C(N)CO)cc1.NC[C@H]1CC[C@H](C(=O)Oc2ccc(CCC(=O)O)cc2)CC1. The second-order valence-corrected chi connectivity index (χ2v) is 9.96. The number of carbonyl (C=O) groups excluding carboxylic acids is 1. The number of rotatable bonds is 11. The molecule has 0 saturated heterocycles. The number of carboxylic acids is 1. The number of aryl methyl sites for hydroxylation is 1. The van der Waals surface area contributed by atoms with Crippen LogP contribution in [0.4, 0.5) is 0 Å². The molecule has 0 aliphatic heterocycles. The minimum atomic E-state index is -0.816. The van der Waals surface area contributed by atoms with Gasteiger partial charge in [-0.05, 0) is 80.0 Å². The summed E-state index contributed by atoms with van der Waals surface area (Å²) in [5.74, 6) is 0.945. The molecule has 3 rings (SSSR count). The van der Waals surface area contributed by atoms with Crippen molar-refractivity contribution in [3.63, 3.8) is 0 Å². The molecule has 6 N–H and O–H groups in total. The topological polar surface area (TPSA) is 136 Å². The van der Waals surface area contributed by atoms with Gasteiger partial charge in [0.05, 0.1) is 18.6 Å². The fourth-order valence-electron chi connectivity index (χ4n) is 3.88. The van der Waals surface area contributed by atoms with E-state index in [-0.39, 0.29) is 31.0 Å². The first-order valence-electron chi connectivity index (χ1n) is 12.3. The van der Waals surface area contributed by atoms with Gasteiger partial charge in [-0.1, -0.05) is 30.3 Å². The van der Waals surface area contributed by atoms with Gasteiger partial charge in [-0.2, -0.15) is 0 Å². The van der Waals surface area contributed by atoms with E-state index in [4.69, 9.17) is 26.4 Å². The Labute approximate surface area is 217 Å². The van der Waals surface area contributed by atoms with Crippen LogP contribution >= 0.6 is 11.8 Å². The number of thioether (sulfide) groups is 1. The quantitative estimate of drug-likeness (QED) is 0.151. The van der Waals surface area contributed by atoms with Crippen LogP contribution in [0.25, 0.3) is 0 Å². The van der Waals surface area contributed by atoms with E-state index in [2.05, 4.69) is 6.58 Å². The van der Waals surface area contributed by atoms with Crippen LogP contribution in [0.3, 0.4) is 0 Å². The number of carbonyl (C=O) groups is 2. The van der Waals surface area contributed by atoms with Gasteiger partial charge >= 0.3 is 11.9 Å². The highest BCUT2D eigenvalue weighted by atomic mass is 32.2. The lowest BCUT2D eigenvalue weighted by atomic mass is 9.82. The first-order valence-corrected chi connectivity index (χ1v) is 13.3. The zero-order valence-electron chi connectivity index (χ0n) is 20.7. The zero-order chi connectivity index (χ0) is 26.3. The molecule has 1 atom stereocenters. The number of hydrogen-bond acceptors (Lipinski definition) is 7. The molecule has 8 heteroatoms. The van der Waals surface area contributed by atoms with Gasteiger partial charge in [0.15, 0.2) is 0 Å². The van der Waals surface area contributed by atoms with Gasteiger partial charge in [0, 0.05) is 17.1 Å². The molecule has 36 heavy (non-hydrogen) atoms. The Bertz CT molecular complexity index is 941. The molecule has 1 unspecified atom stereocenters. The predicted octanol–water partition coefficient (Wildman–Crippen LogP) is 4.33. The third kappa shape index (κ3) is 10.5. The van der Waals surface area contributed by atoms with Crippen LogP contribution in [0.1, 0.15) is 49.3 Å². The van der Waals surface area contributed by atoms with Crippen LogP contribution in [-0.2, 0) is 16.0 Å². The molecule has 0 heterocycles. The minimum Gasteiger partial charge on any atom is -0.481 e. The molecule has 0 aromatic heterocycles. The molecule has 1 aliphatic rings. The number of nitrogens with two attached hydrogens (primary N) is 2. The number of aliphatic hydroxyl groups is 1. The van der Waals surface area contributed by atoms with Crippen molar-refractivity contribution >= 4 is 23.7 Å². The van der Waals surface area contributed by atoms with Crippen LogP contribution in [0.15, 0.2) is 66.1 Å². The Hall–Kier alpha value is -2.65. The lowest BCUT2D eigenvalue weighted by Gasteiger charge is -2.26. The van der Waals surface area contributed by atoms with Crippen LogP contribution < -0.4 is 16.2 Å². The summed E-state index contributed by atoms with van der Waals surface area (Å²) in [6, 6.07) is 14.7. The lowest BCUT2D eigenvalue weighted by molar-refractivity contribution is -0.140. The lowest BCUT2D eigenvalue weighted by Crippen LogP contribution is -2.28. The van der Waals surface area contributed by atoms with Crippen molar-refractivity contribution in [1.82, 2.24) is 0 Å². The molecule has 1 aliphatic carbocycles.